The number of hydrogen-bond donors (Lipinski definition) is 2. The van der Waals surface area contributed by atoms with E-state index in [9.17, 15) is 9.59 Å². The summed E-state index contributed by atoms with van der Waals surface area (Å²) in [5.74, 6) is 3.05. The molecule has 0 radical (unpaired) electrons. The SMILES string of the molecule is CCOC(=O)c1sc2nc([C@@H](C)NCC34CC5CC(CC(C5)C3)C4)[nH]c(=O)c2c1C. The summed E-state index contributed by atoms with van der Waals surface area (Å²) < 4.78 is 5.13. The van der Waals surface area contributed by atoms with Crippen LogP contribution in [-0.2, 0) is 4.74 Å². The average molecular weight is 430 g/mol. The Bertz CT molecular complexity index is 1000. The van der Waals surface area contributed by atoms with E-state index in [0.29, 0.717) is 38.5 Å². The van der Waals surface area contributed by atoms with Gasteiger partial charge in [-0.3, -0.25) is 4.79 Å². The zero-order valence-corrected chi connectivity index (χ0v) is 18.9. The maximum Gasteiger partial charge on any atom is 0.348 e. The van der Waals surface area contributed by atoms with Gasteiger partial charge in [0.2, 0.25) is 0 Å². The first-order chi connectivity index (χ1) is 14.4. The van der Waals surface area contributed by atoms with Crippen molar-refractivity contribution in [1.29, 1.82) is 0 Å². The van der Waals surface area contributed by atoms with Crippen molar-refractivity contribution in [2.24, 2.45) is 23.2 Å². The Balaban J connectivity index is 1.36. The molecule has 30 heavy (non-hydrogen) atoms. The lowest BCUT2D eigenvalue weighted by atomic mass is 9.49. The molecule has 4 aliphatic rings. The van der Waals surface area contributed by atoms with Crippen molar-refractivity contribution < 1.29 is 9.53 Å². The molecule has 0 saturated heterocycles. The predicted octanol–water partition coefficient (Wildman–Crippen LogP) is 4.34. The van der Waals surface area contributed by atoms with Crippen LogP contribution in [0.2, 0.25) is 0 Å². The van der Waals surface area contributed by atoms with Crippen molar-refractivity contribution in [3.05, 3.63) is 26.6 Å². The summed E-state index contributed by atoms with van der Waals surface area (Å²) in [6.07, 6.45) is 8.40. The predicted molar refractivity (Wildman–Crippen MR) is 118 cm³/mol. The second kappa shape index (κ2) is 7.45. The van der Waals surface area contributed by atoms with E-state index in [0.717, 1.165) is 24.3 Å². The van der Waals surface area contributed by atoms with Crippen molar-refractivity contribution in [1.82, 2.24) is 15.3 Å². The van der Waals surface area contributed by atoms with E-state index >= 15 is 0 Å². The number of aryl methyl sites for hydroxylation is 1. The molecular weight excluding hydrogens is 398 g/mol. The number of fused-ring (bicyclic) bond motifs is 1. The molecule has 2 heterocycles. The van der Waals surface area contributed by atoms with Crippen LogP contribution in [0, 0.1) is 30.1 Å². The Morgan fingerprint density at radius 1 is 1.27 bits per heavy atom. The van der Waals surface area contributed by atoms with Gasteiger partial charge in [0, 0.05) is 6.54 Å². The summed E-state index contributed by atoms with van der Waals surface area (Å²) >= 11 is 1.25. The van der Waals surface area contributed by atoms with Crippen LogP contribution in [-0.4, -0.2) is 29.1 Å². The first kappa shape index (κ1) is 20.2. The van der Waals surface area contributed by atoms with E-state index in [4.69, 9.17) is 9.72 Å². The summed E-state index contributed by atoms with van der Waals surface area (Å²) in [7, 11) is 0. The summed E-state index contributed by atoms with van der Waals surface area (Å²) in [6, 6.07) is -0.0384. The molecule has 4 bridgehead atoms. The first-order valence-corrected chi connectivity index (χ1v) is 12.1. The Labute approximate surface area is 180 Å². The monoisotopic (exact) mass is 429 g/mol. The topological polar surface area (TPSA) is 84.1 Å². The fraction of sp³-hybridized carbons (Fsp3) is 0.696. The highest BCUT2D eigenvalue weighted by molar-refractivity contribution is 7.20. The van der Waals surface area contributed by atoms with Gasteiger partial charge in [-0.1, -0.05) is 0 Å². The molecule has 2 N–H and O–H groups in total. The van der Waals surface area contributed by atoms with Gasteiger partial charge in [-0.25, -0.2) is 9.78 Å². The van der Waals surface area contributed by atoms with Gasteiger partial charge in [0.25, 0.3) is 5.56 Å². The highest BCUT2D eigenvalue weighted by Crippen LogP contribution is 2.59. The van der Waals surface area contributed by atoms with Crippen LogP contribution in [0.15, 0.2) is 4.79 Å². The molecule has 2 aromatic heterocycles. The van der Waals surface area contributed by atoms with E-state index in [-0.39, 0.29) is 17.6 Å². The minimum atomic E-state index is -0.382. The largest absolute Gasteiger partial charge is 0.462 e. The molecule has 0 amide bonds. The third-order valence-corrected chi connectivity index (χ3v) is 8.80. The van der Waals surface area contributed by atoms with Crippen LogP contribution in [0.25, 0.3) is 10.2 Å². The molecule has 2 aromatic rings. The molecule has 6 rings (SSSR count). The molecule has 4 fully saturated rings. The Hall–Kier alpha value is -1.73. The van der Waals surface area contributed by atoms with Crippen molar-refractivity contribution >= 4 is 27.5 Å². The van der Waals surface area contributed by atoms with Gasteiger partial charge >= 0.3 is 5.97 Å². The van der Waals surface area contributed by atoms with Gasteiger partial charge in [-0.2, -0.15) is 0 Å². The van der Waals surface area contributed by atoms with E-state index in [2.05, 4.69) is 17.2 Å². The molecule has 0 unspecified atom stereocenters. The number of thiophene rings is 1. The van der Waals surface area contributed by atoms with Gasteiger partial charge < -0.3 is 15.0 Å². The third-order valence-electron chi connectivity index (χ3n) is 7.64. The van der Waals surface area contributed by atoms with Gasteiger partial charge in [-0.05, 0) is 88.0 Å². The van der Waals surface area contributed by atoms with E-state index in [1.54, 1.807) is 13.8 Å². The van der Waals surface area contributed by atoms with Gasteiger partial charge in [0.05, 0.1) is 18.0 Å². The third kappa shape index (κ3) is 3.40. The summed E-state index contributed by atoms with van der Waals surface area (Å²) in [5, 5.41) is 4.19. The van der Waals surface area contributed by atoms with Crippen LogP contribution >= 0.6 is 11.3 Å². The number of carbonyl (C=O) groups excluding carboxylic acids is 1. The molecule has 1 atom stereocenters. The number of esters is 1. The van der Waals surface area contributed by atoms with Crippen molar-refractivity contribution in [3.8, 4) is 0 Å². The molecular formula is C23H31N3O3S. The Morgan fingerprint density at radius 3 is 2.50 bits per heavy atom. The van der Waals surface area contributed by atoms with Gasteiger partial charge in [0.15, 0.2) is 0 Å². The minimum absolute atomic E-state index is 0.0384. The zero-order chi connectivity index (χ0) is 21.0. The number of nitrogens with zero attached hydrogens (tertiary/aromatic N) is 1. The summed E-state index contributed by atoms with van der Waals surface area (Å²) in [5.41, 5.74) is 0.912. The first-order valence-electron chi connectivity index (χ1n) is 11.3. The zero-order valence-electron chi connectivity index (χ0n) is 18.0. The lowest BCUT2D eigenvalue weighted by Crippen LogP contribution is -2.50. The molecule has 0 spiro atoms. The van der Waals surface area contributed by atoms with Crippen molar-refractivity contribution in [2.75, 3.05) is 13.2 Å². The highest BCUT2D eigenvalue weighted by Gasteiger charge is 2.50. The van der Waals surface area contributed by atoms with Crippen LogP contribution < -0.4 is 10.9 Å². The van der Waals surface area contributed by atoms with Crippen LogP contribution in [0.4, 0.5) is 0 Å². The van der Waals surface area contributed by atoms with E-state index in [1.807, 2.05) is 0 Å². The Morgan fingerprint density at radius 2 is 1.90 bits per heavy atom. The fourth-order valence-electron chi connectivity index (χ4n) is 6.73. The molecule has 0 aromatic carbocycles. The normalized spacial score (nSPS) is 30.7. The Kier molecular flexibility index (Phi) is 5.01. The number of aromatic amines is 1. The highest BCUT2D eigenvalue weighted by atomic mass is 32.1. The number of aromatic nitrogens is 2. The van der Waals surface area contributed by atoms with Crippen molar-refractivity contribution in [2.45, 2.75) is 65.3 Å². The average Bonchev–Trinajstić information content (AvgIpc) is 3.02. The van der Waals surface area contributed by atoms with Crippen LogP contribution in [0.1, 0.15) is 79.5 Å². The molecule has 162 valence electrons. The molecule has 6 nitrogen and oxygen atoms in total. The smallest absolute Gasteiger partial charge is 0.348 e. The fourth-order valence-corrected chi connectivity index (χ4v) is 7.81. The lowest BCUT2D eigenvalue weighted by molar-refractivity contribution is -0.0524. The number of nitrogens with one attached hydrogen (secondary N) is 2. The van der Waals surface area contributed by atoms with E-state index < -0.39 is 0 Å². The molecule has 7 heteroatoms. The summed E-state index contributed by atoms with van der Waals surface area (Å²) in [6.45, 7) is 6.94. The van der Waals surface area contributed by atoms with Gasteiger partial charge in [-0.15, -0.1) is 11.3 Å². The van der Waals surface area contributed by atoms with Crippen LogP contribution in [0.5, 0.6) is 0 Å². The number of hydrogen-bond acceptors (Lipinski definition) is 6. The summed E-state index contributed by atoms with van der Waals surface area (Å²) in [4.78, 5) is 33.7. The number of rotatable bonds is 6. The molecule has 4 saturated carbocycles. The lowest BCUT2D eigenvalue weighted by Gasteiger charge is -2.57. The second-order valence-corrected chi connectivity index (χ2v) is 10.9. The molecule has 4 aliphatic carbocycles. The second-order valence-electron chi connectivity index (χ2n) is 9.93. The minimum Gasteiger partial charge on any atom is -0.462 e. The maximum atomic E-state index is 12.8. The maximum absolute atomic E-state index is 12.8. The number of carbonyl (C=O) groups is 1. The number of ether oxygens (including phenoxy) is 1. The number of H-pyrrole nitrogens is 1. The standard InChI is InChI=1S/C23H31N3O3S/c1-4-29-22(28)18-12(2)17-20(27)25-19(26-21(17)30-18)13(3)24-11-23-8-14-5-15(9-23)7-16(6-14)10-23/h13-16,24H,4-11H2,1-3H3,(H,25,26,27)/t13-,14?,15?,16?,23?/m1/s1. The van der Waals surface area contributed by atoms with Gasteiger partial charge in [0.1, 0.15) is 15.5 Å². The quantitative estimate of drug-likeness (QED) is 0.668. The molecule has 0 aliphatic heterocycles. The van der Waals surface area contributed by atoms with Crippen LogP contribution in [0.3, 0.4) is 0 Å². The van der Waals surface area contributed by atoms with E-state index in [1.165, 1.54) is 49.9 Å². The van der Waals surface area contributed by atoms with Crippen molar-refractivity contribution in [3.63, 3.8) is 0 Å².